The minimum atomic E-state index is -0.593. The molecule has 3 unspecified atom stereocenters. The second-order valence-electron chi connectivity index (χ2n) is 12.1. The lowest BCUT2D eigenvalue weighted by molar-refractivity contribution is -0.148. The number of halogens is 1. The molecule has 5 nitrogen and oxygen atoms in total. The molecule has 1 fully saturated rings. The van der Waals surface area contributed by atoms with E-state index in [0.29, 0.717) is 35.5 Å². The van der Waals surface area contributed by atoms with Gasteiger partial charge in [-0.25, -0.2) is 9.18 Å². The molecule has 1 N–H and O–H groups in total. The van der Waals surface area contributed by atoms with Gasteiger partial charge in [-0.3, -0.25) is 10.1 Å². The Hall–Kier alpha value is -3.67. The lowest BCUT2D eigenvalue weighted by Crippen LogP contribution is -2.42. The molecule has 2 aromatic carbocycles. The van der Waals surface area contributed by atoms with Crippen LogP contribution in [0.5, 0.6) is 0 Å². The second-order valence-corrected chi connectivity index (χ2v) is 12.1. The van der Waals surface area contributed by atoms with E-state index in [-0.39, 0.29) is 17.6 Å². The molecule has 1 heterocycles. The first-order valence-corrected chi connectivity index (χ1v) is 15.2. The molecule has 0 radical (unpaired) electrons. The van der Waals surface area contributed by atoms with E-state index < -0.39 is 18.0 Å². The number of allylic oxidation sites excluding steroid dienone is 3. The lowest BCUT2D eigenvalue weighted by atomic mass is 9.86. The molecule has 2 aromatic rings. The zero-order chi connectivity index (χ0) is 30.4. The first kappa shape index (κ1) is 31.3. The highest BCUT2D eigenvalue weighted by Gasteiger charge is 2.38. The van der Waals surface area contributed by atoms with Crippen LogP contribution in [0.2, 0.25) is 0 Å². The third kappa shape index (κ3) is 7.58. The van der Waals surface area contributed by atoms with Crippen molar-refractivity contribution in [1.29, 1.82) is 0 Å². The second kappa shape index (κ2) is 13.5. The first-order chi connectivity index (χ1) is 20.0. The van der Waals surface area contributed by atoms with Gasteiger partial charge in [0.1, 0.15) is 17.7 Å². The predicted octanol–water partition coefficient (Wildman–Crippen LogP) is 8.73. The van der Waals surface area contributed by atoms with E-state index in [2.05, 4.69) is 12.2 Å². The fourth-order valence-corrected chi connectivity index (χ4v) is 5.52. The number of carbonyl (C=O) groups excluding carboxylic acids is 2. The fraction of sp³-hybridized carbons (Fsp3) is 0.444. The standard InChI is InChI=1S/C36H44FNO4/c1-7-23(3)35(38-34(40)33-25(5)41-32(39)22-28(33)15-12-18-36(6)19-20-36)42-31(8-2)24(4)27-16-17-29(30(37)21-27)26-13-10-9-11-14-26/h8-11,13-14,16-17,21-22,24-25,33H,7,12,15,18-20H2,1-6H3,(H,38,40). The summed E-state index contributed by atoms with van der Waals surface area (Å²) >= 11 is 0. The van der Waals surface area contributed by atoms with Crippen molar-refractivity contribution in [2.24, 2.45) is 11.3 Å². The molecule has 6 heteroatoms. The molecule has 224 valence electrons. The molecule has 1 aliphatic carbocycles. The average Bonchev–Trinajstić information content (AvgIpc) is 3.71. The maximum absolute atomic E-state index is 15.2. The van der Waals surface area contributed by atoms with Crippen molar-refractivity contribution in [2.45, 2.75) is 92.1 Å². The first-order valence-electron chi connectivity index (χ1n) is 15.2. The van der Waals surface area contributed by atoms with Crippen LogP contribution in [0.15, 0.2) is 83.5 Å². The van der Waals surface area contributed by atoms with Crippen molar-refractivity contribution in [1.82, 2.24) is 5.32 Å². The summed E-state index contributed by atoms with van der Waals surface area (Å²) in [5.74, 6) is -0.858. The Morgan fingerprint density at radius 2 is 1.93 bits per heavy atom. The van der Waals surface area contributed by atoms with E-state index in [0.717, 1.165) is 35.1 Å². The molecule has 42 heavy (non-hydrogen) atoms. The Labute approximate surface area is 249 Å². The van der Waals surface area contributed by atoms with Crippen molar-refractivity contribution in [3.05, 3.63) is 94.9 Å². The van der Waals surface area contributed by atoms with Crippen LogP contribution in [-0.2, 0) is 19.1 Å². The van der Waals surface area contributed by atoms with Gasteiger partial charge in [0.2, 0.25) is 5.91 Å². The Balaban J connectivity index is 1.50. The summed E-state index contributed by atoms with van der Waals surface area (Å²) < 4.78 is 27.0. The third-order valence-electron chi connectivity index (χ3n) is 8.77. The smallest absolute Gasteiger partial charge is 0.331 e. The molecule has 3 atom stereocenters. The van der Waals surface area contributed by atoms with Gasteiger partial charge in [-0.15, -0.1) is 0 Å². The summed E-state index contributed by atoms with van der Waals surface area (Å²) in [7, 11) is 0. The summed E-state index contributed by atoms with van der Waals surface area (Å²) in [5, 5.41) is 3.02. The van der Waals surface area contributed by atoms with E-state index in [9.17, 15) is 9.59 Å². The van der Waals surface area contributed by atoms with Crippen molar-refractivity contribution in [3.63, 3.8) is 0 Å². The summed E-state index contributed by atoms with van der Waals surface area (Å²) in [4.78, 5) is 26.0. The van der Waals surface area contributed by atoms with Gasteiger partial charge in [0.05, 0.1) is 5.92 Å². The minimum Gasteiger partial charge on any atom is -0.458 e. The molecule has 1 amide bonds. The van der Waals surface area contributed by atoms with Gasteiger partial charge in [0.25, 0.3) is 0 Å². The fourth-order valence-electron chi connectivity index (χ4n) is 5.52. The summed E-state index contributed by atoms with van der Waals surface area (Å²) in [6, 6.07) is 14.7. The highest BCUT2D eigenvalue weighted by atomic mass is 19.1. The Morgan fingerprint density at radius 1 is 1.21 bits per heavy atom. The maximum Gasteiger partial charge on any atom is 0.331 e. The number of nitrogens with one attached hydrogen (secondary N) is 1. The number of esters is 1. The topological polar surface area (TPSA) is 64.6 Å². The summed E-state index contributed by atoms with van der Waals surface area (Å²) in [6.07, 6.45) is 8.60. The molecular weight excluding hydrogens is 529 g/mol. The third-order valence-corrected chi connectivity index (χ3v) is 8.77. The van der Waals surface area contributed by atoms with Crippen molar-refractivity contribution in [2.75, 3.05) is 0 Å². The van der Waals surface area contributed by atoms with Gasteiger partial charge in [-0.2, -0.15) is 0 Å². The van der Waals surface area contributed by atoms with Crippen LogP contribution < -0.4 is 5.32 Å². The van der Waals surface area contributed by atoms with Crippen molar-refractivity contribution >= 4 is 11.9 Å². The highest BCUT2D eigenvalue weighted by Crippen LogP contribution is 2.49. The molecule has 1 aliphatic heterocycles. The van der Waals surface area contributed by atoms with E-state index >= 15 is 4.39 Å². The summed E-state index contributed by atoms with van der Waals surface area (Å²) in [5.41, 5.74) is 4.21. The predicted molar refractivity (Wildman–Crippen MR) is 165 cm³/mol. The van der Waals surface area contributed by atoms with E-state index in [1.54, 1.807) is 19.1 Å². The number of carbonyl (C=O) groups is 2. The van der Waals surface area contributed by atoms with Crippen LogP contribution in [0, 0.1) is 17.2 Å². The molecule has 0 aromatic heterocycles. The monoisotopic (exact) mass is 573 g/mol. The van der Waals surface area contributed by atoms with Gasteiger partial charge >= 0.3 is 5.97 Å². The molecule has 2 aliphatic rings. The Kier molecular flexibility index (Phi) is 10.1. The van der Waals surface area contributed by atoms with Gasteiger partial charge < -0.3 is 9.47 Å². The quantitative estimate of drug-likeness (QED) is 0.204. The van der Waals surface area contributed by atoms with Crippen LogP contribution in [0.1, 0.15) is 91.5 Å². The molecule has 0 spiro atoms. The number of hydrogen-bond acceptors (Lipinski definition) is 4. The highest BCUT2D eigenvalue weighted by molar-refractivity contribution is 5.90. The number of hydrogen-bond donors (Lipinski definition) is 1. The van der Waals surface area contributed by atoms with Gasteiger partial charge in [0, 0.05) is 17.6 Å². The minimum absolute atomic E-state index is 0.261. The number of amides is 1. The number of ether oxygens (including phenoxy) is 2. The molecule has 1 saturated carbocycles. The largest absolute Gasteiger partial charge is 0.458 e. The molecular formula is C36H44FNO4. The van der Waals surface area contributed by atoms with Gasteiger partial charge in [-0.05, 0) is 99.1 Å². The summed E-state index contributed by atoms with van der Waals surface area (Å²) in [6.45, 7) is 11.8. The van der Waals surface area contributed by atoms with Crippen LogP contribution in [0.4, 0.5) is 4.39 Å². The zero-order valence-corrected chi connectivity index (χ0v) is 25.8. The number of cyclic esters (lactones) is 1. The van der Waals surface area contributed by atoms with Crippen LogP contribution >= 0.6 is 0 Å². The zero-order valence-electron chi connectivity index (χ0n) is 25.8. The maximum atomic E-state index is 15.2. The van der Waals surface area contributed by atoms with Crippen LogP contribution in [0.3, 0.4) is 0 Å². The Bertz CT molecular complexity index is 1390. The Morgan fingerprint density at radius 3 is 2.55 bits per heavy atom. The number of benzene rings is 2. The van der Waals surface area contributed by atoms with E-state index in [1.807, 2.05) is 70.2 Å². The number of rotatable bonds is 12. The van der Waals surface area contributed by atoms with Crippen molar-refractivity contribution < 1.29 is 23.5 Å². The molecule has 0 bridgehead atoms. The normalized spacial score (nSPS) is 21.1. The lowest BCUT2D eigenvalue weighted by Gasteiger charge is -2.30. The van der Waals surface area contributed by atoms with Crippen LogP contribution in [0.25, 0.3) is 11.1 Å². The van der Waals surface area contributed by atoms with Crippen molar-refractivity contribution in [3.8, 4) is 11.1 Å². The molecule has 0 saturated heterocycles. The average molecular weight is 574 g/mol. The molecule has 4 rings (SSSR count). The SMILES string of the molecule is CC=C(OC(NC(=O)C1C(CCCC2(C)CC2)=CC(=O)OC1C)=C(C)CC)C(C)c1ccc(-c2ccccc2)c(F)c1. The van der Waals surface area contributed by atoms with E-state index in [4.69, 9.17) is 9.47 Å². The van der Waals surface area contributed by atoms with Gasteiger partial charge in [-0.1, -0.05) is 63.2 Å². The van der Waals surface area contributed by atoms with Gasteiger partial charge in [0.15, 0.2) is 5.88 Å². The van der Waals surface area contributed by atoms with Crippen LogP contribution in [-0.4, -0.2) is 18.0 Å². The van der Waals surface area contributed by atoms with E-state index in [1.165, 1.54) is 18.9 Å².